The van der Waals surface area contributed by atoms with E-state index in [4.69, 9.17) is 0 Å². The summed E-state index contributed by atoms with van der Waals surface area (Å²) in [7, 11) is 0. The van der Waals surface area contributed by atoms with Gasteiger partial charge in [-0.1, -0.05) is 25.7 Å². The molecule has 36 heavy (non-hydrogen) atoms. The van der Waals surface area contributed by atoms with Gasteiger partial charge >= 0.3 is 0 Å². The van der Waals surface area contributed by atoms with Gasteiger partial charge in [-0.3, -0.25) is 9.59 Å². The molecule has 0 aliphatic carbocycles. The third kappa shape index (κ3) is 8.51. The SMILES string of the molecule is CC1(C)CC(NC(=O)CCCCCCCCC(=O)NC2CC(C)(C)[N+](=O)C(C)(C)C2)CC(C)(C)N1O. The van der Waals surface area contributed by atoms with E-state index < -0.39 is 11.1 Å². The zero-order valence-corrected chi connectivity index (χ0v) is 24.2. The number of unbranched alkanes of at least 4 members (excludes halogenated alkanes) is 5. The van der Waals surface area contributed by atoms with Crippen LogP contribution in [-0.2, 0) is 9.59 Å². The van der Waals surface area contributed by atoms with Gasteiger partial charge in [-0.15, -0.1) is 0 Å². The van der Waals surface area contributed by atoms with Crippen molar-refractivity contribution in [3.8, 4) is 0 Å². The Morgan fingerprint density at radius 3 is 1.42 bits per heavy atom. The van der Waals surface area contributed by atoms with Gasteiger partial charge in [-0.2, -0.15) is 5.06 Å². The van der Waals surface area contributed by atoms with Crippen LogP contribution in [0.15, 0.2) is 0 Å². The van der Waals surface area contributed by atoms with E-state index in [0.29, 0.717) is 25.7 Å². The molecule has 8 nitrogen and oxygen atoms in total. The fraction of sp³-hybridized carbons (Fsp3) is 0.929. The van der Waals surface area contributed by atoms with Crippen LogP contribution in [0.2, 0.25) is 0 Å². The number of piperidine rings is 2. The normalized spacial score (nSPS) is 23.9. The summed E-state index contributed by atoms with van der Waals surface area (Å²) in [5.74, 6) is 0.185. The number of amides is 2. The van der Waals surface area contributed by atoms with Crippen LogP contribution in [0.4, 0.5) is 0 Å². The first-order valence-corrected chi connectivity index (χ1v) is 14.0. The Labute approximate surface area is 218 Å². The first kappa shape index (κ1) is 30.7. The number of carbonyl (C=O) groups is 2. The Morgan fingerprint density at radius 2 is 1.03 bits per heavy atom. The summed E-state index contributed by atoms with van der Waals surface area (Å²) in [4.78, 5) is 37.3. The van der Waals surface area contributed by atoms with Crippen LogP contribution in [0.25, 0.3) is 0 Å². The number of rotatable bonds is 11. The van der Waals surface area contributed by atoms with E-state index in [1.807, 2.05) is 55.4 Å². The monoisotopic (exact) mass is 509 g/mol. The van der Waals surface area contributed by atoms with Crippen molar-refractivity contribution in [3.05, 3.63) is 4.91 Å². The summed E-state index contributed by atoms with van der Waals surface area (Å²) in [5, 5.41) is 18.2. The van der Waals surface area contributed by atoms with Crippen LogP contribution in [-0.4, -0.2) is 61.1 Å². The molecule has 8 heteroatoms. The third-order valence-electron chi connectivity index (χ3n) is 8.02. The molecule has 0 aromatic heterocycles. The predicted octanol–water partition coefficient (Wildman–Crippen LogP) is 5.25. The van der Waals surface area contributed by atoms with Gasteiger partial charge in [0, 0.05) is 86.2 Å². The van der Waals surface area contributed by atoms with Crippen LogP contribution in [0.5, 0.6) is 0 Å². The largest absolute Gasteiger partial charge is 0.353 e. The standard InChI is InChI=1S/C28H52N4O4/c1-25(2)17-21(18-26(3,4)31(25)35)29-23(33)15-13-11-9-10-12-14-16-24(34)30-22-19-27(5,6)32(36)28(7,8)20-22/h21-22,35H,9-20H2,1-8H3,(H-,29,30,33,34)/p+1. The van der Waals surface area contributed by atoms with Gasteiger partial charge < -0.3 is 15.8 Å². The molecule has 0 bridgehead atoms. The number of hydrogen-bond donors (Lipinski definition) is 3. The number of nitrogens with zero attached hydrogens (tertiary/aromatic N) is 2. The molecule has 2 saturated heterocycles. The van der Waals surface area contributed by atoms with E-state index >= 15 is 0 Å². The van der Waals surface area contributed by atoms with Gasteiger partial charge in [0.05, 0.1) is 0 Å². The van der Waals surface area contributed by atoms with Crippen molar-refractivity contribution in [2.75, 3.05) is 0 Å². The van der Waals surface area contributed by atoms with Crippen molar-refractivity contribution in [2.24, 2.45) is 0 Å². The van der Waals surface area contributed by atoms with Crippen molar-refractivity contribution in [1.82, 2.24) is 15.7 Å². The van der Waals surface area contributed by atoms with Gasteiger partial charge in [0.15, 0.2) is 0 Å². The summed E-state index contributed by atoms with van der Waals surface area (Å²) in [6.07, 6.45) is 9.81. The quantitative estimate of drug-likeness (QED) is 0.261. The first-order valence-electron chi connectivity index (χ1n) is 14.0. The fourth-order valence-electron chi connectivity index (χ4n) is 6.62. The Hall–Kier alpha value is -1.54. The maximum absolute atomic E-state index is 12.5. The van der Waals surface area contributed by atoms with E-state index in [2.05, 4.69) is 10.6 Å². The van der Waals surface area contributed by atoms with E-state index in [1.165, 1.54) is 9.82 Å². The molecule has 2 fully saturated rings. The van der Waals surface area contributed by atoms with Crippen LogP contribution >= 0.6 is 0 Å². The van der Waals surface area contributed by atoms with E-state index in [9.17, 15) is 19.7 Å². The highest BCUT2D eigenvalue weighted by Crippen LogP contribution is 2.37. The van der Waals surface area contributed by atoms with Crippen LogP contribution < -0.4 is 10.6 Å². The molecule has 0 unspecified atom stereocenters. The average molecular weight is 510 g/mol. The fourth-order valence-corrected chi connectivity index (χ4v) is 6.62. The Balaban J connectivity index is 1.55. The van der Waals surface area contributed by atoms with Crippen LogP contribution in [0.3, 0.4) is 0 Å². The lowest BCUT2D eigenvalue weighted by molar-refractivity contribution is -0.693. The number of hydroxylamine groups is 2. The average Bonchev–Trinajstić information content (AvgIpc) is 2.71. The lowest BCUT2D eigenvalue weighted by atomic mass is 9.79. The summed E-state index contributed by atoms with van der Waals surface area (Å²) in [6, 6.07) is 0.134. The minimum Gasteiger partial charge on any atom is -0.353 e. The molecule has 2 aliphatic heterocycles. The highest BCUT2D eigenvalue weighted by molar-refractivity contribution is 5.76. The second-order valence-electron chi connectivity index (χ2n) is 13.8. The molecule has 0 saturated carbocycles. The second kappa shape index (κ2) is 11.9. The second-order valence-corrected chi connectivity index (χ2v) is 13.8. The molecule has 0 spiro atoms. The van der Waals surface area contributed by atoms with Crippen molar-refractivity contribution in [2.45, 2.75) is 167 Å². The molecule has 0 aromatic carbocycles. The molecule has 2 amide bonds. The third-order valence-corrected chi connectivity index (χ3v) is 8.02. The van der Waals surface area contributed by atoms with E-state index in [1.54, 1.807) is 0 Å². The molecule has 2 aliphatic rings. The Kier molecular flexibility index (Phi) is 10.1. The van der Waals surface area contributed by atoms with Crippen molar-refractivity contribution in [1.29, 1.82) is 0 Å². The Bertz CT molecular complexity index is 752. The van der Waals surface area contributed by atoms with Gasteiger partial charge in [0.25, 0.3) is 0 Å². The van der Waals surface area contributed by atoms with Crippen molar-refractivity contribution >= 4 is 11.8 Å². The van der Waals surface area contributed by atoms with Gasteiger partial charge in [0.1, 0.15) is 0 Å². The van der Waals surface area contributed by atoms with Crippen molar-refractivity contribution < 1.29 is 19.6 Å². The Morgan fingerprint density at radius 1 is 0.694 bits per heavy atom. The maximum atomic E-state index is 12.5. The predicted molar refractivity (Wildman–Crippen MR) is 143 cm³/mol. The molecule has 3 N–H and O–H groups in total. The number of nitrogens with one attached hydrogen (secondary N) is 2. The van der Waals surface area contributed by atoms with E-state index in [0.717, 1.165) is 51.4 Å². The number of hydrogen-bond acceptors (Lipinski definition) is 5. The lowest BCUT2D eigenvalue weighted by Gasteiger charge is -2.51. The molecule has 208 valence electrons. The summed E-state index contributed by atoms with van der Waals surface area (Å²) < 4.78 is 1.19. The molecule has 0 radical (unpaired) electrons. The molecule has 0 atom stereocenters. The maximum Gasteiger partial charge on any atom is 0.220 e. The number of nitroso groups, excluding NO2 is 1. The summed E-state index contributed by atoms with van der Waals surface area (Å²) in [6.45, 7) is 15.8. The summed E-state index contributed by atoms with van der Waals surface area (Å²) in [5.41, 5.74) is -1.67. The minimum atomic E-state index is -0.471. The van der Waals surface area contributed by atoms with Gasteiger partial charge in [-0.05, 0) is 53.4 Å². The van der Waals surface area contributed by atoms with E-state index in [-0.39, 0.29) is 35.0 Å². The van der Waals surface area contributed by atoms with Gasteiger partial charge in [0.2, 0.25) is 22.9 Å². The smallest absolute Gasteiger partial charge is 0.220 e. The topological polar surface area (TPSA) is 102 Å². The highest BCUT2D eigenvalue weighted by atomic mass is 16.5. The molecular weight excluding hydrogens is 456 g/mol. The minimum absolute atomic E-state index is 0.0483. The van der Waals surface area contributed by atoms with Crippen LogP contribution in [0, 0.1) is 4.91 Å². The lowest BCUT2D eigenvalue weighted by Crippen LogP contribution is -2.62. The van der Waals surface area contributed by atoms with Crippen molar-refractivity contribution in [3.63, 3.8) is 0 Å². The summed E-state index contributed by atoms with van der Waals surface area (Å²) >= 11 is 0. The van der Waals surface area contributed by atoms with Gasteiger partial charge in [-0.25, -0.2) is 0 Å². The highest BCUT2D eigenvalue weighted by Gasteiger charge is 2.54. The zero-order chi connectivity index (χ0) is 27.4. The first-order chi connectivity index (χ1) is 16.5. The van der Waals surface area contributed by atoms with Crippen LogP contribution in [0.1, 0.15) is 132 Å². The molecule has 2 heterocycles. The molecule has 2 rings (SSSR count). The number of carbonyl (C=O) groups excluding carboxylic acids is 2. The zero-order valence-electron chi connectivity index (χ0n) is 24.2. The molecular formula is C28H53N4O4+. The molecule has 0 aromatic rings.